The van der Waals surface area contributed by atoms with Crippen molar-refractivity contribution in [2.24, 2.45) is 0 Å². The molecule has 19 heavy (non-hydrogen) atoms. The van der Waals surface area contributed by atoms with Gasteiger partial charge < -0.3 is 9.64 Å². The second kappa shape index (κ2) is 4.88. The fraction of sp³-hybridized carbons (Fsp3) is 0.818. The molecule has 1 heterocycles. The number of rotatable bonds is 1. The standard InChI is InChI=1S/C11H13F6NO/c12-10(13,14)8-5-18(7-3-1-2-4-7)6-9(19-8)11(15,16)17/h3,8-9H,1-2,4-6H2. The Labute approximate surface area is 106 Å². The van der Waals surface area contributed by atoms with Gasteiger partial charge in [0.15, 0.2) is 12.2 Å². The van der Waals surface area contributed by atoms with Crippen LogP contribution in [0.2, 0.25) is 0 Å². The molecule has 2 unspecified atom stereocenters. The van der Waals surface area contributed by atoms with Crippen molar-refractivity contribution in [3.63, 3.8) is 0 Å². The molecule has 0 spiro atoms. The highest BCUT2D eigenvalue weighted by Crippen LogP contribution is 2.36. The van der Waals surface area contributed by atoms with Crippen molar-refractivity contribution in [2.75, 3.05) is 13.1 Å². The first kappa shape index (κ1) is 14.5. The number of hydrogen-bond donors (Lipinski definition) is 0. The van der Waals surface area contributed by atoms with Gasteiger partial charge in [0, 0.05) is 5.70 Å². The third-order valence-corrected chi connectivity index (χ3v) is 3.25. The van der Waals surface area contributed by atoms with Gasteiger partial charge in [-0.15, -0.1) is 0 Å². The monoisotopic (exact) mass is 289 g/mol. The van der Waals surface area contributed by atoms with Crippen LogP contribution in [0.25, 0.3) is 0 Å². The highest BCUT2D eigenvalue weighted by atomic mass is 19.4. The summed E-state index contributed by atoms with van der Waals surface area (Å²) in [5, 5.41) is 0. The summed E-state index contributed by atoms with van der Waals surface area (Å²) in [6, 6.07) is 0. The molecule has 2 nitrogen and oxygen atoms in total. The van der Waals surface area contributed by atoms with E-state index in [0.29, 0.717) is 18.5 Å². The number of halogens is 6. The van der Waals surface area contributed by atoms with E-state index in [-0.39, 0.29) is 0 Å². The highest BCUT2D eigenvalue weighted by Gasteiger charge is 2.53. The summed E-state index contributed by atoms with van der Waals surface area (Å²) < 4.78 is 79.9. The summed E-state index contributed by atoms with van der Waals surface area (Å²) in [7, 11) is 0. The van der Waals surface area contributed by atoms with E-state index >= 15 is 0 Å². The van der Waals surface area contributed by atoms with Crippen LogP contribution in [0.15, 0.2) is 11.8 Å². The smallest absolute Gasteiger partial charge is 0.369 e. The number of allylic oxidation sites excluding steroid dienone is 2. The van der Waals surface area contributed by atoms with E-state index in [0.717, 1.165) is 11.3 Å². The molecule has 0 bridgehead atoms. The predicted molar refractivity (Wildman–Crippen MR) is 54.3 cm³/mol. The fourth-order valence-electron chi connectivity index (χ4n) is 2.30. The van der Waals surface area contributed by atoms with Gasteiger partial charge in [-0.25, -0.2) is 0 Å². The summed E-state index contributed by atoms with van der Waals surface area (Å²) >= 11 is 0. The second-order valence-corrected chi connectivity index (χ2v) is 4.69. The third kappa shape index (κ3) is 3.34. The summed E-state index contributed by atoms with van der Waals surface area (Å²) in [5.74, 6) is 0. The third-order valence-electron chi connectivity index (χ3n) is 3.25. The average Bonchev–Trinajstić information content (AvgIpc) is 2.79. The van der Waals surface area contributed by atoms with Gasteiger partial charge in [-0.05, 0) is 19.3 Å². The summed E-state index contributed by atoms with van der Waals surface area (Å²) in [6.07, 6.45) is -10.7. The van der Waals surface area contributed by atoms with Gasteiger partial charge in [0.1, 0.15) is 0 Å². The number of hydrogen-bond acceptors (Lipinski definition) is 2. The largest absolute Gasteiger partial charge is 0.416 e. The Kier molecular flexibility index (Phi) is 3.72. The van der Waals surface area contributed by atoms with Gasteiger partial charge in [0.2, 0.25) is 0 Å². The van der Waals surface area contributed by atoms with Crippen LogP contribution < -0.4 is 0 Å². The van der Waals surface area contributed by atoms with Gasteiger partial charge in [0.25, 0.3) is 0 Å². The van der Waals surface area contributed by atoms with Crippen LogP contribution in [-0.2, 0) is 4.74 Å². The van der Waals surface area contributed by atoms with E-state index in [4.69, 9.17) is 0 Å². The van der Waals surface area contributed by atoms with E-state index in [1.165, 1.54) is 0 Å². The van der Waals surface area contributed by atoms with Crippen LogP contribution in [0.4, 0.5) is 26.3 Å². The minimum absolute atomic E-state index is 0.523. The maximum atomic E-state index is 12.6. The molecule has 2 atom stereocenters. The van der Waals surface area contributed by atoms with Gasteiger partial charge >= 0.3 is 12.4 Å². The molecule has 0 aromatic heterocycles. The molecule has 8 heteroatoms. The van der Waals surface area contributed by atoms with Gasteiger partial charge in [-0.3, -0.25) is 0 Å². The van der Waals surface area contributed by atoms with Crippen molar-refractivity contribution in [3.8, 4) is 0 Å². The first-order chi connectivity index (χ1) is 8.68. The molecule has 0 aromatic carbocycles. The zero-order valence-electron chi connectivity index (χ0n) is 9.89. The summed E-state index contributed by atoms with van der Waals surface area (Å²) in [5.41, 5.74) is 0.562. The van der Waals surface area contributed by atoms with E-state index in [1.807, 2.05) is 0 Å². The summed E-state index contributed by atoms with van der Waals surface area (Å²) in [6.45, 7) is -1.14. The zero-order chi connectivity index (χ0) is 14.3. The molecule has 0 N–H and O–H groups in total. The Morgan fingerprint density at radius 1 is 1.00 bits per heavy atom. The Bertz CT molecular complexity index is 339. The Morgan fingerprint density at radius 2 is 1.53 bits per heavy atom. The average molecular weight is 289 g/mol. The van der Waals surface area contributed by atoms with Gasteiger partial charge in [-0.1, -0.05) is 6.08 Å². The SMILES string of the molecule is FC(F)(F)C1CN(C2=CCCC2)CC(C(F)(F)F)O1. The normalized spacial score (nSPS) is 29.6. The lowest BCUT2D eigenvalue weighted by molar-refractivity contribution is -0.304. The Hall–Kier alpha value is -0.920. The molecule has 1 aliphatic carbocycles. The molecule has 2 aliphatic rings. The Balaban J connectivity index is 2.16. The van der Waals surface area contributed by atoms with E-state index in [9.17, 15) is 26.3 Å². The molecule has 0 aromatic rings. The Morgan fingerprint density at radius 3 is 1.89 bits per heavy atom. The predicted octanol–water partition coefficient (Wildman–Crippen LogP) is 3.25. The van der Waals surface area contributed by atoms with E-state index < -0.39 is 37.7 Å². The molecule has 1 fully saturated rings. The number of ether oxygens (including phenoxy) is 1. The van der Waals surface area contributed by atoms with Crippen LogP contribution in [0.1, 0.15) is 19.3 Å². The molecule has 0 amide bonds. The van der Waals surface area contributed by atoms with E-state index in [1.54, 1.807) is 6.08 Å². The fourth-order valence-corrected chi connectivity index (χ4v) is 2.30. The lowest BCUT2D eigenvalue weighted by Gasteiger charge is -2.41. The first-order valence-electron chi connectivity index (χ1n) is 5.91. The van der Waals surface area contributed by atoms with Crippen molar-refractivity contribution in [1.29, 1.82) is 0 Å². The molecular weight excluding hydrogens is 276 g/mol. The molecule has 0 saturated carbocycles. The van der Waals surface area contributed by atoms with Crippen molar-refractivity contribution in [3.05, 3.63) is 11.8 Å². The number of nitrogens with zero attached hydrogens (tertiary/aromatic N) is 1. The van der Waals surface area contributed by atoms with Crippen LogP contribution in [-0.4, -0.2) is 42.5 Å². The quantitative estimate of drug-likeness (QED) is 0.687. The maximum absolute atomic E-state index is 12.6. The topological polar surface area (TPSA) is 12.5 Å². The van der Waals surface area contributed by atoms with Gasteiger partial charge in [0.05, 0.1) is 13.1 Å². The van der Waals surface area contributed by atoms with Crippen LogP contribution in [0.3, 0.4) is 0 Å². The minimum atomic E-state index is -4.79. The molecule has 0 radical (unpaired) electrons. The number of morpholine rings is 1. The number of alkyl halides is 6. The lowest BCUT2D eigenvalue weighted by atomic mass is 10.1. The van der Waals surface area contributed by atoms with Crippen molar-refractivity contribution in [2.45, 2.75) is 43.8 Å². The van der Waals surface area contributed by atoms with Crippen LogP contribution >= 0.6 is 0 Å². The maximum Gasteiger partial charge on any atom is 0.416 e. The summed E-state index contributed by atoms with van der Waals surface area (Å²) in [4.78, 5) is 1.16. The lowest BCUT2D eigenvalue weighted by Crippen LogP contribution is -2.56. The van der Waals surface area contributed by atoms with E-state index in [2.05, 4.69) is 4.74 Å². The van der Waals surface area contributed by atoms with Crippen LogP contribution in [0, 0.1) is 0 Å². The minimum Gasteiger partial charge on any atom is -0.369 e. The second-order valence-electron chi connectivity index (χ2n) is 4.69. The molecule has 2 rings (SSSR count). The van der Waals surface area contributed by atoms with Gasteiger partial charge in [-0.2, -0.15) is 26.3 Å². The molecule has 110 valence electrons. The highest BCUT2D eigenvalue weighted by molar-refractivity contribution is 5.09. The first-order valence-corrected chi connectivity index (χ1v) is 5.91. The van der Waals surface area contributed by atoms with Crippen molar-refractivity contribution >= 4 is 0 Å². The molecule has 1 aliphatic heterocycles. The molecule has 1 saturated heterocycles. The molecular formula is C11H13F6NO. The van der Waals surface area contributed by atoms with Crippen molar-refractivity contribution in [1.82, 2.24) is 4.90 Å². The van der Waals surface area contributed by atoms with Crippen LogP contribution in [0.5, 0.6) is 0 Å². The van der Waals surface area contributed by atoms with Crippen molar-refractivity contribution < 1.29 is 31.1 Å². The zero-order valence-corrected chi connectivity index (χ0v) is 9.89.